The van der Waals surface area contributed by atoms with Crippen molar-refractivity contribution < 1.29 is 9.21 Å². The highest BCUT2D eigenvalue weighted by Gasteiger charge is 2.12. The lowest BCUT2D eigenvalue weighted by atomic mass is 10.2. The maximum absolute atomic E-state index is 11.8. The summed E-state index contributed by atoms with van der Waals surface area (Å²) < 4.78 is 6.27. The van der Waals surface area contributed by atoms with E-state index in [9.17, 15) is 4.79 Å². The molecule has 0 aliphatic carbocycles. The van der Waals surface area contributed by atoms with Crippen LogP contribution in [0.3, 0.4) is 0 Å². The van der Waals surface area contributed by atoms with Gasteiger partial charge in [-0.1, -0.05) is 0 Å². The minimum atomic E-state index is -0.355. The molecule has 90 valence electrons. The van der Waals surface area contributed by atoms with Crippen LogP contribution in [-0.2, 0) is 0 Å². The molecule has 1 aromatic heterocycles. The number of anilines is 1. The molecular weight excluding hydrogens is 364 g/mol. The SMILES string of the molecule is N#Cc1ccc(NC(=O)c2ccc(Br)o2)c(Br)c1. The quantitative estimate of drug-likeness (QED) is 0.872. The zero-order valence-corrected chi connectivity index (χ0v) is 12.1. The van der Waals surface area contributed by atoms with Crippen molar-refractivity contribution in [1.82, 2.24) is 0 Å². The van der Waals surface area contributed by atoms with Crippen LogP contribution in [0.4, 0.5) is 5.69 Å². The number of rotatable bonds is 2. The van der Waals surface area contributed by atoms with Crippen molar-refractivity contribution in [3.8, 4) is 6.07 Å². The minimum Gasteiger partial charge on any atom is -0.444 e. The van der Waals surface area contributed by atoms with E-state index in [-0.39, 0.29) is 11.7 Å². The molecule has 1 N–H and O–H groups in total. The summed E-state index contributed by atoms with van der Waals surface area (Å²) in [6.45, 7) is 0. The predicted molar refractivity (Wildman–Crippen MR) is 73.2 cm³/mol. The van der Waals surface area contributed by atoms with Crippen molar-refractivity contribution in [3.63, 3.8) is 0 Å². The van der Waals surface area contributed by atoms with E-state index in [1.807, 2.05) is 6.07 Å². The fraction of sp³-hybridized carbons (Fsp3) is 0. The van der Waals surface area contributed by atoms with E-state index in [2.05, 4.69) is 37.2 Å². The average Bonchev–Trinajstić information content (AvgIpc) is 2.78. The number of carbonyl (C=O) groups is 1. The van der Waals surface area contributed by atoms with Crippen LogP contribution in [0.15, 0.2) is 43.9 Å². The summed E-state index contributed by atoms with van der Waals surface area (Å²) in [5.41, 5.74) is 1.09. The molecular formula is C12H6Br2N2O2. The minimum absolute atomic E-state index is 0.207. The first-order chi connectivity index (χ1) is 8.60. The fourth-order valence-electron chi connectivity index (χ4n) is 1.31. The molecule has 2 rings (SSSR count). The van der Waals surface area contributed by atoms with Gasteiger partial charge in [0, 0.05) is 4.47 Å². The molecule has 0 unspecified atom stereocenters. The summed E-state index contributed by atoms with van der Waals surface area (Å²) in [7, 11) is 0. The predicted octanol–water partition coefficient (Wildman–Crippen LogP) is 3.93. The van der Waals surface area contributed by atoms with Crippen LogP contribution < -0.4 is 5.32 Å². The highest BCUT2D eigenvalue weighted by atomic mass is 79.9. The highest BCUT2D eigenvalue weighted by molar-refractivity contribution is 9.10. The van der Waals surface area contributed by atoms with Gasteiger partial charge in [0.15, 0.2) is 10.4 Å². The second-order valence-electron chi connectivity index (χ2n) is 3.36. The molecule has 0 saturated heterocycles. The second kappa shape index (κ2) is 5.38. The van der Waals surface area contributed by atoms with E-state index < -0.39 is 0 Å². The van der Waals surface area contributed by atoms with Crippen molar-refractivity contribution in [2.75, 3.05) is 5.32 Å². The Labute approximate surface area is 120 Å². The van der Waals surface area contributed by atoms with Crippen LogP contribution in [0, 0.1) is 11.3 Å². The van der Waals surface area contributed by atoms with Crippen LogP contribution in [0.5, 0.6) is 0 Å². The Morgan fingerprint density at radius 3 is 2.61 bits per heavy atom. The number of hydrogen-bond acceptors (Lipinski definition) is 3. The van der Waals surface area contributed by atoms with Gasteiger partial charge in [0.1, 0.15) is 0 Å². The summed E-state index contributed by atoms with van der Waals surface area (Å²) >= 11 is 6.42. The van der Waals surface area contributed by atoms with E-state index in [1.165, 1.54) is 0 Å². The third-order valence-corrected chi connectivity index (χ3v) is 3.23. The molecule has 0 saturated carbocycles. The van der Waals surface area contributed by atoms with Gasteiger partial charge in [0.05, 0.1) is 17.3 Å². The number of amides is 1. The molecule has 1 amide bonds. The van der Waals surface area contributed by atoms with Crippen LogP contribution in [-0.4, -0.2) is 5.91 Å². The third kappa shape index (κ3) is 2.81. The monoisotopic (exact) mass is 368 g/mol. The number of halogens is 2. The van der Waals surface area contributed by atoms with Gasteiger partial charge in [0.25, 0.3) is 5.91 Å². The smallest absolute Gasteiger partial charge is 0.291 e. The molecule has 0 spiro atoms. The lowest BCUT2D eigenvalue weighted by molar-refractivity contribution is 0.0995. The molecule has 0 radical (unpaired) electrons. The maximum atomic E-state index is 11.8. The Kier molecular flexibility index (Phi) is 3.84. The fourth-order valence-corrected chi connectivity index (χ4v) is 2.09. The molecule has 1 aromatic carbocycles. The van der Waals surface area contributed by atoms with E-state index >= 15 is 0 Å². The van der Waals surface area contributed by atoms with Crippen LogP contribution in [0.2, 0.25) is 0 Å². The second-order valence-corrected chi connectivity index (χ2v) is 5.00. The summed E-state index contributed by atoms with van der Waals surface area (Å²) in [5, 5.41) is 11.4. The topological polar surface area (TPSA) is 66.0 Å². The van der Waals surface area contributed by atoms with Gasteiger partial charge in [-0.15, -0.1) is 0 Å². The molecule has 2 aromatic rings. The molecule has 0 aliphatic rings. The summed E-state index contributed by atoms with van der Waals surface area (Å²) in [6.07, 6.45) is 0. The van der Waals surface area contributed by atoms with E-state index in [0.29, 0.717) is 20.4 Å². The third-order valence-electron chi connectivity index (χ3n) is 2.14. The molecule has 6 heteroatoms. The zero-order chi connectivity index (χ0) is 13.1. The van der Waals surface area contributed by atoms with Crippen molar-refractivity contribution >= 4 is 43.5 Å². The van der Waals surface area contributed by atoms with Gasteiger partial charge < -0.3 is 9.73 Å². The largest absolute Gasteiger partial charge is 0.444 e. The Balaban J connectivity index is 2.20. The number of nitriles is 1. The van der Waals surface area contributed by atoms with Crippen molar-refractivity contribution in [2.24, 2.45) is 0 Å². The number of nitrogens with zero attached hydrogens (tertiary/aromatic N) is 1. The molecule has 4 nitrogen and oxygen atoms in total. The first kappa shape index (κ1) is 12.9. The number of carbonyl (C=O) groups excluding carboxylic acids is 1. The summed E-state index contributed by atoms with van der Waals surface area (Å²) in [6, 6.07) is 10.1. The Bertz CT molecular complexity index is 644. The van der Waals surface area contributed by atoms with Gasteiger partial charge in [-0.2, -0.15) is 5.26 Å². The lowest BCUT2D eigenvalue weighted by Crippen LogP contribution is -2.11. The molecule has 0 aliphatic heterocycles. The Hall–Kier alpha value is -1.58. The number of furan rings is 1. The van der Waals surface area contributed by atoms with E-state index in [1.54, 1.807) is 30.3 Å². The highest BCUT2D eigenvalue weighted by Crippen LogP contribution is 2.24. The van der Waals surface area contributed by atoms with Crippen molar-refractivity contribution in [3.05, 3.63) is 50.8 Å². The molecule has 0 fully saturated rings. The van der Waals surface area contributed by atoms with E-state index in [4.69, 9.17) is 9.68 Å². The van der Waals surface area contributed by atoms with Crippen LogP contribution >= 0.6 is 31.9 Å². The summed E-state index contributed by atoms with van der Waals surface area (Å²) in [4.78, 5) is 11.8. The van der Waals surface area contributed by atoms with Gasteiger partial charge >= 0.3 is 0 Å². The maximum Gasteiger partial charge on any atom is 0.291 e. The van der Waals surface area contributed by atoms with Crippen LogP contribution in [0.25, 0.3) is 0 Å². The first-order valence-corrected chi connectivity index (χ1v) is 6.45. The number of hydrogen-bond donors (Lipinski definition) is 1. The average molecular weight is 370 g/mol. The first-order valence-electron chi connectivity index (χ1n) is 4.86. The van der Waals surface area contributed by atoms with Gasteiger partial charge in [-0.25, -0.2) is 0 Å². The molecule has 1 heterocycles. The molecule has 0 bridgehead atoms. The number of benzene rings is 1. The standard InChI is InChI=1S/C12H6Br2N2O2/c13-8-5-7(6-15)1-2-9(8)16-12(17)10-3-4-11(14)18-10/h1-5H,(H,16,17). The Morgan fingerprint density at radius 1 is 1.28 bits per heavy atom. The van der Waals surface area contributed by atoms with Crippen molar-refractivity contribution in [1.29, 1.82) is 5.26 Å². The number of nitrogens with one attached hydrogen (secondary N) is 1. The lowest BCUT2D eigenvalue weighted by Gasteiger charge is -2.05. The van der Waals surface area contributed by atoms with Gasteiger partial charge in [-0.3, -0.25) is 4.79 Å². The Morgan fingerprint density at radius 2 is 2.06 bits per heavy atom. The zero-order valence-electron chi connectivity index (χ0n) is 8.91. The molecule has 18 heavy (non-hydrogen) atoms. The summed E-state index contributed by atoms with van der Waals surface area (Å²) in [5.74, 6) is -0.149. The van der Waals surface area contributed by atoms with Crippen LogP contribution in [0.1, 0.15) is 16.1 Å². The normalized spacial score (nSPS) is 9.83. The van der Waals surface area contributed by atoms with Gasteiger partial charge in [0.2, 0.25) is 0 Å². The molecule has 0 atom stereocenters. The van der Waals surface area contributed by atoms with Crippen molar-refractivity contribution in [2.45, 2.75) is 0 Å². The van der Waals surface area contributed by atoms with Gasteiger partial charge in [-0.05, 0) is 62.2 Å². The van der Waals surface area contributed by atoms with E-state index in [0.717, 1.165) is 0 Å².